The molecule has 7 heteroatoms. The normalized spacial score (nSPS) is 25.6. The fourth-order valence-electron chi connectivity index (χ4n) is 2.70. The highest BCUT2D eigenvalue weighted by atomic mass is 32.2. The van der Waals surface area contributed by atoms with Gasteiger partial charge in [0.1, 0.15) is 5.54 Å². The van der Waals surface area contributed by atoms with Gasteiger partial charge in [-0.25, -0.2) is 4.79 Å². The van der Waals surface area contributed by atoms with Crippen LogP contribution in [-0.2, 0) is 14.4 Å². The smallest absolute Gasteiger partial charge is 0.329 e. The summed E-state index contributed by atoms with van der Waals surface area (Å²) in [4.78, 5) is 37.1. The molecule has 2 saturated heterocycles. The van der Waals surface area contributed by atoms with E-state index in [9.17, 15) is 19.5 Å². The summed E-state index contributed by atoms with van der Waals surface area (Å²) < 4.78 is 0. The van der Waals surface area contributed by atoms with Crippen LogP contribution in [0.3, 0.4) is 0 Å². The number of carbonyl (C=O) groups excluding carboxylic acids is 2. The first kappa shape index (κ1) is 15.2. The fraction of sp³-hybridized carbons (Fsp3) is 0.769. The lowest BCUT2D eigenvalue weighted by molar-refractivity contribution is -0.148. The van der Waals surface area contributed by atoms with Crippen molar-refractivity contribution in [2.24, 2.45) is 5.92 Å². The second-order valence-corrected chi connectivity index (χ2v) is 6.55. The van der Waals surface area contributed by atoms with Gasteiger partial charge in [-0.2, -0.15) is 11.8 Å². The third-order valence-corrected chi connectivity index (χ3v) is 5.07. The summed E-state index contributed by atoms with van der Waals surface area (Å²) in [5, 5.41) is 12.1. The van der Waals surface area contributed by atoms with Gasteiger partial charge in [0.2, 0.25) is 11.8 Å². The lowest BCUT2D eigenvalue weighted by Gasteiger charge is -2.34. The Bertz CT molecular complexity index is 421. The zero-order valence-electron chi connectivity index (χ0n) is 11.6. The monoisotopic (exact) mass is 300 g/mol. The Kier molecular flexibility index (Phi) is 4.57. The number of nitrogens with one attached hydrogen (secondary N) is 1. The fourth-order valence-corrected chi connectivity index (χ4v) is 3.89. The van der Waals surface area contributed by atoms with Gasteiger partial charge in [-0.3, -0.25) is 9.59 Å². The SMILES string of the molecule is CCN1CC(C(=O)NC2(C(=O)O)CCSCC2)CC1=O. The Balaban J connectivity index is 2.02. The molecular formula is C13H20N2O4S. The van der Waals surface area contributed by atoms with Gasteiger partial charge < -0.3 is 15.3 Å². The average molecular weight is 300 g/mol. The molecule has 2 amide bonds. The van der Waals surface area contributed by atoms with Gasteiger partial charge in [0, 0.05) is 19.5 Å². The second kappa shape index (κ2) is 6.03. The highest BCUT2D eigenvalue weighted by Crippen LogP contribution is 2.28. The maximum Gasteiger partial charge on any atom is 0.329 e. The van der Waals surface area contributed by atoms with Crippen molar-refractivity contribution in [2.45, 2.75) is 31.7 Å². The molecule has 0 aromatic rings. The summed E-state index contributed by atoms with van der Waals surface area (Å²) in [5.41, 5.74) is -1.15. The number of amides is 2. The molecule has 0 bridgehead atoms. The molecule has 2 fully saturated rings. The molecule has 0 aliphatic carbocycles. The number of hydrogen-bond acceptors (Lipinski definition) is 4. The average Bonchev–Trinajstić information content (AvgIpc) is 2.81. The summed E-state index contributed by atoms with van der Waals surface area (Å²) in [5.74, 6) is -0.259. The third kappa shape index (κ3) is 2.92. The van der Waals surface area contributed by atoms with Crippen molar-refractivity contribution in [3.05, 3.63) is 0 Å². The van der Waals surface area contributed by atoms with E-state index in [1.807, 2.05) is 6.92 Å². The number of carboxylic acids is 1. The number of nitrogens with zero attached hydrogens (tertiary/aromatic N) is 1. The molecule has 1 unspecified atom stereocenters. The molecule has 2 aliphatic heterocycles. The van der Waals surface area contributed by atoms with E-state index in [1.54, 1.807) is 16.7 Å². The van der Waals surface area contributed by atoms with Gasteiger partial charge >= 0.3 is 5.97 Å². The first-order valence-electron chi connectivity index (χ1n) is 6.89. The molecule has 2 rings (SSSR count). The molecule has 0 aromatic carbocycles. The molecule has 6 nitrogen and oxygen atoms in total. The van der Waals surface area contributed by atoms with Crippen molar-refractivity contribution in [2.75, 3.05) is 24.6 Å². The van der Waals surface area contributed by atoms with Crippen molar-refractivity contribution in [1.29, 1.82) is 0 Å². The van der Waals surface area contributed by atoms with E-state index in [-0.39, 0.29) is 18.2 Å². The number of likely N-dealkylation sites (tertiary alicyclic amines) is 1. The molecule has 0 spiro atoms. The minimum absolute atomic E-state index is 0.0313. The molecule has 2 aliphatic rings. The van der Waals surface area contributed by atoms with E-state index < -0.39 is 17.4 Å². The van der Waals surface area contributed by atoms with E-state index in [4.69, 9.17) is 0 Å². The number of thioether (sulfide) groups is 1. The number of aliphatic carboxylic acids is 1. The van der Waals surface area contributed by atoms with Crippen LogP contribution in [0.1, 0.15) is 26.2 Å². The van der Waals surface area contributed by atoms with Crippen LogP contribution in [-0.4, -0.2) is 57.9 Å². The Labute approximate surface area is 122 Å². The number of hydrogen-bond donors (Lipinski definition) is 2. The van der Waals surface area contributed by atoms with Crippen molar-refractivity contribution in [1.82, 2.24) is 10.2 Å². The maximum absolute atomic E-state index is 12.3. The van der Waals surface area contributed by atoms with Crippen LogP contribution in [0.5, 0.6) is 0 Å². The number of rotatable bonds is 4. The summed E-state index contributed by atoms with van der Waals surface area (Å²) in [6.07, 6.45) is 1.07. The van der Waals surface area contributed by atoms with E-state index in [2.05, 4.69) is 5.32 Å². The lowest BCUT2D eigenvalue weighted by atomic mass is 9.91. The first-order valence-corrected chi connectivity index (χ1v) is 8.05. The summed E-state index contributed by atoms with van der Waals surface area (Å²) in [6.45, 7) is 2.85. The lowest BCUT2D eigenvalue weighted by Crippen LogP contribution is -2.58. The Morgan fingerprint density at radius 3 is 2.60 bits per heavy atom. The first-order chi connectivity index (χ1) is 9.48. The highest BCUT2D eigenvalue weighted by Gasteiger charge is 2.44. The zero-order valence-corrected chi connectivity index (χ0v) is 12.4. The molecule has 2 N–H and O–H groups in total. The number of carboxylic acid groups (broad SMARTS) is 1. The summed E-state index contributed by atoms with van der Waals surface area (Å²) in [7, 11) is 0. The van der Waals surface area contributed by atoms with Crippen LogP contribution in [0.25, 0.3) is 0 Å². The van der Waals surface area contributed by atoms with Crippen LogP contribution in [0, 0.1) is 5.92 Å². The molecule has 0 saturated carbocycles. The minimum atomic E-state index is -1.15. The van der Waals surface area contributed by atoms with E-state index in [0.717, 1.165) is 11.5 Å². The predicted molar refractivity (Wildman–Crippen MR) is 75.4 cm³/mol. The van der Waals surface area contributed by atoms with Crippen molar-refractivity contribution in [3.8, 4) is 0 Å². The Hall–Kier alpha value is -1.24. The van der Waals surface area contributed by atoms with Crippen molar-refractivity contribution in [3.63, 3.8) is 0 Å². The molecule has 2 heterocycles. The second-order valence-electron chi connectivity index (χ2n) is 5.32. The Morgan fingerprint density at radius 2 is 2.10 bits per heavy atom. The van der Waals surface area contributed by atoms with Gasteiger partial charge in [0.15, 0.2) is 0 Å². The summed E-state index contributed by atoms with van der Waals surface area (Å²) >= 11 is 1.70. The van der Waals surface area contributed by atoms with Crippen LogP contribution >= 0.6 is 11.8 Å². The Morgan fingerprint density at radius 1 is 1.45 bits per heavy atom. The largest absolute Gasteiger partial charge is 0.480 e. The van der Waals surface area contributed by atoms with Crippen LogP contribution < -0.4 is 5.32 Å². The molecule has 112 valence electrons. The van der Waals surface area contributed by atoms with E-state index in [1.165, 1.54) is 0 Å². The van der Waals surface area contributed by atoms with Gasteiger partial charge in [0.05, 0.1) is 5.92 Å². The quantitative estimate of drug-likeness (QED) is 0.781. The standard InChI is InChI=1S/C13H20N2O4S/c1-2-15-8-9(7-10(15)16)11(17)14-13(12(18)19)3-5-20-6-4-13/h9H,2-8H2,1H3,(H,14,17)(H,18,19). The maximum atomic E-state index is 12.3. The molecule has 1 atom stereocenters. The highest BCUT2D eigenvalue weighted by molar-refractivity contribution is 7.99. The minimum Gasteiger partial charge on any atom is -0.480 e. The van der Waals surface area contributed by atoms with Crippen molar-refractivity contribution < 1.29 is 19.5 Å². The number of carbonyl (C=O) groups is 3. The summed E-state index contributed by atoms with van der Waals surface area (Å²) in [6, 6.07) is 0. The van der Waals surface area contributed by atoms with E-state index >= 15 is 0 Å². The molecule has 0 aromatic heterocycles. The van der Waals surface area contributed by atoms with Gasteiger partial charge in [-0.15, -0.1) is 0 Å². The van der Waals surface area contributed by atoms with E-state index in [0.29, 0.717) is 25.9 Å². The molecular weight excluding hydrogens is 280 g/mol. The van der Waals surface area contributed by atoms with Crippen LogP contribution in [0.2, 0.25) is 0 Å². The van der Waals surface area contributed by atoms with Crippen molar-refractivity contribution >= 4 is 29.5 Å². The topological polar surface area (TPSA) is 86.7 Å². The van der Waals surface area contributed by atoms with Crippen LogP contribution in [0.4, 0.5) is 0 Å². The predicted octanol–water partition coefficient (Wildman–Crippen LogP) is 0.321. The van der Waals surface area contributed by atoms with Gasteiger partial charge in [-0.05, 0) is 31.3 Å². The van der Waals surface area contributed by atoms with Gasteiger partial charge in [0.25, 0.3) is 0 Å². The molecule has 0 radical (unpaired) electrons. The zero-order chi connectivity index (χ0) is 14.8. The molecule has 20 heavy (non-hydrogen) atoms. The van der Waals surface area contributed by atoms with Gasteiger partial charge in [-0.1, -0.05) is 0 Å². The van der Waals surface area contributed by atoms with Crippen LogP contribution in [0.15, 0.2) is 0 Å². The third-order valence-electron chi connectivity index (χ3n) is 4.09.